The second kappa shape index (κ2) is 9.24. The Labute approximate surface area is 194 Å². The minimum atomic E-state index is -0.411. The Morgan fingerprint density at radius 1 is 1.19 bits per heavy atom. The van der Waals surface area contributed by atoms with Gasteiger partial charge < -0.3 is 4.74 Å². The number of urea groups is 1. The smallest absolute Gasteiger partial charge is 0.328 e. The summed E-state index contributed by atoms with van der Waals surface area (Å²) in [6.45, 7) is 2.85. The highest BCUT2D eigenvalue weighted by Crippen LogP contribution is 2.39. The second-order valence-corrected chi connectivity index (χ2v) is 9.96. The van der Waals surface area contributed by atoms with Gasteiger partial charge >= 0.3 is 6.03 Å². The molecule has 6 nitrogen and oxygen atoms in total. The van der Waals surface area contributed by atoms with Gasteiger partial charge in [0, 0.05) is 25.7 Å². The van der Waals surface area contributed by atoms with E-state index in [1.54, 1.807) is 18.4 Å². The predicted octanol–water partition coefficient (Wildman–Crippen LogP) is 5.05. The van der Waals surface area contributed by atoms with Crippen LogP contribution in [0, 0.1) is 0 Å². The van der Waals surface area contributed by atoms with Gasteiger partial charge in [-0.2, -0.15) is 11.3 Å². The van der Waals surface area contributed by atoms with Crippen molar-refractivity contribution in [2.45, 2.75) is 63.1 Å². The Balaban J connectivity index is 1.45. The fourth-order valence-electron chi connectivity index (χ4n) is 5.42. The number of hydrogen-bond donors (Lipinski definition) is 1. The van der Waals surface area contributed by atoms with Gasteiger partial charge in [0.15, 0.2) is 0 Å². The van der Waals surface area contributed by atoms with Crippen molar-refractivity contribution in [1.82, 2.24) is 10.2 Å². The molecule has 2 amide bonds. The van der Waals surface area contributed by atoms with Gasteiger partial charge in [0.2, 0.25) is 0 Å². The highest BCUT2D eigenvalue weighted by molar-refractivity contribution is 7.07. The number of thiophene rings is 1. The molecule has 2 aromatic rings. The lowest BCUT2D eigenvalue weighted by Crippen LogP contribution is -2.57. The molecule has 2 aliphatic heterocycles. The van der Waals surface area contributed by atoms with Crippen molar-refractivity contribution in [3.8, 4) is 5.75 Å². The molecule has 0 atom stereocenters. The van der Waals surface area contributed by atoms with Crippen LogP contribution >= 0.6 is 11.3 Å². The van der Waals surface area contributed by atoms with E-state index in [0.717, 1.165) is 62.6 Å². The number of carbonyl (C=O) groups excluding carboxylic acids is 1. The highest BCUT2D eigenvalue weighted by atomic mass is 32.1. The first-order valence-corrected chi connectivity index (χ1v) is 12.7. The third kappa shape index (κ3) is 4.16. The molecule has 1 saturated carbocycles. The first-order chi connectivity index (χ1) is 15.7. The number of anilines is 1. The fraction of sp³-hybridized carbons (Fsp3) is 0.520. The van der Waals surface area contributed by atoms with Crippen LogP contribution in [0.25, 0.3) is 0 Å². The van der Waals surface area contributed by atoms with Gasteiger partial charge in [-0.1, -0.05) is 25.3 Å². The maximum atomic E-state index is 13.3. The van der Waals surface area contributed by atoms with Crippen molar-refractivity contribution >= 4 is 28.9 Å². The Morgan fingerprint density at radius 2 is 2.00 bits per heavy atom. The number of amides is 2. The number of likely N-dealkylation sites (tertiary alicyclic amines) is 1. The molecule has 170 valence electrons. The molecule has 3 fully saturated rings. The number of hydrogen-bond acceptors (Lipinski definition) is 5. The van der Waals surface area contributed by atoms with Crippen LogP contribution in [0.15, 0.2) is 46.1 Å². The number of nitrogens with zero attached hydrogens (tertiary/aromatic N) is 3. The number of piperidine rings is 1. The molecular weight excluding hydrogens is 420 g/mol. The van der Waals surface area contributed by atoms with E-state index >= 15 is 0 Å². The zero-order valence-electron chi connectivity index (χ0n) is 18.8. The number of ether oxygens (including phenoxy) is 1. The fourth-order valence-corrected chi connectivity index (χ4v) is 6.08. The quantitative estimate of drug-likeness (QED) is 0.690. The van der Waals surface area contributed by atoms with Crippen molar-refractivity contribution in [3.05, 3.63) is 46.7 Å². The molecular formula is C25H32N4O2S. The van der Waals surface area contributed by atoms with E-state index in [1.807, 2.05) is 29.2 Å². The van der Waals surface area contributed by atoms with E-state index in [0.29, 0.717) is 6.04 Å². The van der Waals surface area contributed by atoms with Crippen molar-refractivity contribution in [1.29, 1.82) is 0 Å². The minimum Gasteiger partial charge on any atom is -0.497 e. The SMILES string of the molecule is COc1cccc(N2C(=O)NC(=NC3CCCCC3)C23CCN(Cc2ccsc2)CC3)c1. The molecule has 1 aromatic carbocycles. The van der Waals surface area contributed by atoms with Crippen LogP contribution in [-0.2, 0) is 6.54 Å². The van der Waals surface area contributed by atoms with E-state index < -0.39 is 5.54 Å². The number of amidine groups is 1. The van der Waals surface area contributed by atoms with Crippen LogP contribution in [0.2, 0.25) is 0 Å². The van der Waals surface area contributed by atoms with Crippen LogP contribution in [0.4, 0.5) is 10.5 Å². The summed E-state index contributed by atoms with van der Waals surface area (Å²) in [4.78, 5) is 23.0. The average molecular weight is 453 g/mol. The summed E-state index contributed by atoms with van der Waals surface area (Å²) in [5, 5.41) is 7.55. The molecule has 0 bridgehead atoms. The van der Waals surface area contributed by atoms with E-state index in [2.05, 4.69) is 27.0 Å². The summed E-state index contributed by atoms with van der Waals surface area (Å²) < 4.78 is 5.45. The zero-order valence-corrected chi connectivity index (χ0v) is 19.6. The van der Waals surface area contributed by atoms with Gasteiger partial charge in [-0.25, -0.2) is 4.79 Å². The number of aliphatic imine (C=N–C) groups is 1. The van der Waals surface area contributed by atoms with Gasteiger partial charge in [-0.3, -0.25) is 20.1 Å². The first-order valence-electron chi connectivity index (χ1n) is 11.7. The summed E-state index contributed by atoms with van der Waals surface area (Å²) in [6.07, 6.45) is 7.76. The number of methoxy groups -OCH3 is 1. The molecule has 5 rings (SSSR count). The lowest BCUT2D eigenvalue weighted by molar-refractivity contribution is 0.184. The van der Waals surface area contributed by atoms with E-state index in [9.17, 15) is 4.79 Å². The first kappa shape index (κ1) is 21.5. The minimum absolute atomic E-state index is 0.0703. The van der Waals surface area contributed by atoms with Crippen molar-refractivity contribution in [3.63, 3.8) is 0 Å². The molecule has 1 aliphatic carbocycles. The summed E-state index contributed by atoms with van der Waals surface area (Å²) in [5.74, 6) is 1.64. The number of nitrogens with one attached hydrogen (secondary N) is 1. The molecule has 32 heavy (non-hydrogen) atoms. The molecule has 0 unspecified atom stereocenters. The molecule has 3 heterocycles. The van der Waals surface area contributed by atoms with E-state index in [-0.39, 0.29) is 6.03 Å². The Kier molecular flexibility index (Phi) is 6.20. The summed E-state index contributed by atoms with van der Waals surface area (Å²) in [6, 6.07) is 10.3. The largest absolute Gasteiger partial charge is 0.497 e. The predicted molar refractivity (Wildman–Crippen MR) is 130 cm³/mol. The molecule has 1 N–H and O–H groups in total. The standard InChI is InChI=1S/C25H32N4O2S/c1-31-22-9-5-8-21(16-22)29-24(30)27-23(26-20-6-3-2-4-7-20)25(29)11-13-28(14-12-25)17-19-10-15-32-18-19/h5,8-10,15-16,18,20H,2-4,6-7,11-14,17H2,1H3,(H,26,27,30). The van der Waals surface area contributed by atoms with Gasteiger partial charge in [0.05, 0.1) is 18.8 Å². The van der Waals surface area contributed by atoms with Crippen LogP contribution in [-0.4, -0.2) is 48.5 Å². The maximum Gasteiger partial charge on any atom is 0.328 e. The van der Waals surface area contributed by atoms with Crippen molar-refractivity contribution in [2.24, 2.45) is 4.99 Å². The Bertz CT molecular complexity index is 960. The molecule has 1 spiro atoms. The number of benzene rings is 1. The monoisotopic (exact) mass is 452 g/mol. The number of rotatable bonds is 5. The average Bonchev–Trinajstić information content (AvgIpc) is 3.42. The van der Waals surface area contributed by atoms with Crippen LogP contribution in [0.5, 0.6) is 5.75 Å². The third-order valence-electron chi connectivity index (χ3n) is 7.16. The topological polar surface area (TPSA) is 57.2 Å². The molecule has 2 saturated heterocycles. The maximum absolute atomic E-state index is 13.3. The van der Waals surface area contributed by atoms with Crippen LogP contribution in [0.3, 0.4) is 0 Å². The lowest BCUT2D eigenvalue weighted by Gasteiger charge is -2.43. The summed E-state index contributed by atoms with van der Waals surface area (Å²) in [7, 11) is 1.66. The Morgan fingerprint density at radius 3 is 2.72 bits per heavy atom. The van der Waals surface area contributed by atoms with Crippen molar-refractivity contribution < 1.29 is 9.53 Å². The van der Waals surface area contributed by atoms with E-state index in [1.165, 1.54) is 24.8 Å². The van der Waals surface area contributed by atoms with Crippen LogP contribution < -0.4 is 15.0 Å². The molecule has 0 radical (unpaired) electrons. The molecule has 7 heteroatoms. The van der Waals surface area contributed by atoms with Gasteiger partial charge in [0.1, 0.15) is 17.1 Å². The highest BCUT2D eigenvalue weighted by Gasteiger charge is 2.53. The van der Waals surface area contributed by atoms with Crippen molar-refractivity contribution in [2.75, 3.05) is 25.1 Å². The van der Waals surface area contributed by atoms with Crippen LogP contribution in [0.1, 0.15) is 50.5 Å². The number of carbonyl (C=O) groups is 1. The van der Waals surface area contributed by atoms with Gasteiger partial charge in [0.25, 0.3) is 0 Å². The zero-order chi connectivity index (χ0) is 22.0. The molecule has 1 aromatic heterocycles. The van der Waals surface area contributed by atoms with Gasteiger partial charge in [-0.05, 0) is 60.2 Å². The normalized spacial score (nSPS) is 23.1. The summed E-state index contributed by atoms with van der Waals surface area (Å²) >= 11 is 1.75. The molecule has 3 aliphatic rings. The lowest BCUT2D eigenvalue weighted by atomic mass is 9.84. The summed E-state index contributed by atoms with van der Waals surface area (Å²) in [5.41, 5.74) is 1.83. The van der Waals surface area contributed by atoms with E-state index in [4.69, 9.17) is 9.73 Å². The Hall–Kier alpha value is -2.38. The van der Waals surface area contributed by atoms with Gasteiger partial charge in [-0.15, -0.1) is 0 Å². The second-order valence-electron chi connectivity index (χ2n) is 9.18. The third-order valence-corrected chi connectivity index (χ3v) is 7.90.